The van der Waals surface area contributed by atoms with Gasteiger partial charge in [0.25, 0.3) is 0 Å². The molecule has 0 spiro atoms. The van der Waals surface area contributed by atoms with Gasteiger partial charge in [-0.1, -0.05) is 6.92 Å². The fourth-order valence-corrected chi connectivity index (χ4v) is 4.29. The standard InChI is InChI=1S/C15H19N3O2S/c1-8-3-4-10-11(7-8)21-15-13(10)14(17-9(2)18-15)16-6-5-12(19)20/h8H,3-7H2,1-2H3,(H,19,20)(H,16,17,18)/t8-/m0/s1. The van der Waals surface area contributed by atoms with Crippen molar-refractivity contribution in [2.75, 3.05) is 11.9 Å². The number of hydrogen-bond acceptors (Lipinski definition) is 5. The Kier molecular flexibility index (Phi) is 3.80. The number of carbonyl (C=O) groups is 1. The number of nitrogens with zero attached hydrogens (tertiary/aromatic N) is 2. The predicted molar refractivity (Wildman–Crippen MR) is 84.1 cm³/mol. The van der Waals surface area contributed by atoms with E-state index in [0.717, 1.165) is 40.6 Å². The first-order chi connectivity index (χ1) is 10.0. The Bertz CT molecular complexity index is 696. The Balaban J connectivity index is 2.00. The summed E-state index contributed by atoms with van der Waals surface area (Å²) in [6, 6.07) is 0. The van der Waals surface area contributed by atoms with Gasteiger partial charge in [0.05, 0.1) is 11.8 Å². The number of fused-ring (bicyclic) bond motifs is 3. The van der Waals surface area contributed by atoms with Crippen molar-refractivity contribution in [1.29, 1.82) is 0 Å². The highest BCUT2D eigenvalue weighted by atomic mass is 32.1. The monoisotopic (exact) mass is 305 g/mol. The van der Waals surface area contributed by atoms with Crippen molar-refractivity contribution in [3.05, 3.63) is 16.3 Å². The van der Waals surface area contributed by atoms with E-state index < -0.39 is 5.97 Å². The van der Waals surface area contributed by atoms with Crippen LogP contribution in [0.2, 0.25) is 0 Å². The SMILES string of the molecule is Cc1nc(NCCC(=O)O)c2c3c(sc2n1)C[C@@H](C)CC3. The Morgan fingerprint density at radius 2 is 2.29 bits per heavy atom. The normalized spacial score (nSPS) is 17.7. The molecule has 1 aliphatic rings. The molecule has 1 atom stereocenters. The van der Waals surface area contributed by atoms with Crippen molar-refractivity contribution < 1.29 is 9.90 Å². The van der Waals surface area contributed by atoms with Crippen LogP contribution >= 0.6 is 11.3 Å². The summed E-state index contributed by atoms with van der Waals surface area (Å²) in [4.78, 5) is 22.2. The third-order valence-electron chi connectivity index (χ3n) is 3.90. The van der Waals surface area contributed by atoms with Gasteiger partial charge in [-0.25, -0.2) is 9.97 Å². The highest BCUT2D eigenvalue weighted by Gasteiger charge is 2.23. The molecule has 0 saturated heterocycles. The average Bonchev–Trinajstić information content (AvgIpc) is 2.74. The zero-order valence-electron chi connectivity index (χ0n) is 12.3. The molecule has 5 nitrogen and oxygen atoms in total. The number of aromatic nitrogens is 2. The van der Waals surface area contributed by atoms with Crippen LogP contribution in [-0.2, 0) is 17.6 Å². The Morgan fingerprint density at radius 3 is 3.05 bits per heavy atom. The lowest BCUT2D eigenvalue weighted by Crippen LogP contribution is -2.11. The second-order valence-corrected chi connectivity index (χ2v) is 6.81. The van der Waals surface area contributed by atoms with Gasteiger partial charge in [-0.2, -0.15) is 0 Å². The first kappa shape index (κ1) is 14.3. The lowest BCUT2D eigenvalue weighted by atomic mass is 9.89. The number of aryl methyl sites for hydroxylation is 2. The predicted octanol–water partition coefficient (Wildman–Crippen LogP) is 3.01. The summed E-state index contributed by atoms with van der Waals surface area (Å²) in [5.41, 5.74) is 1.37. The second-order valence-electron chi connectivity index (χ2n) is 5.72. The van der Waals surface area contributed by atoms with E-state index in [1.54, 1.807) is 11.3 Å². The van der Waals surface area contributed by atoms with Crippen LogP contribution in [0.4, 0.5) is 5.82 Å². The average molecular weight is 305 g/mol. The van der Waals surface area contributed by atoms with Crippen LogP contribution in [0.25, 0.3) is 10.2 Å². The second kappa shape index (κ2) is 5.60. The smallest absolute Gasteiger partial charge is 0.305 e. The van der Waals surface area contributed by atoms with Crippen LogP contribution in [0, 0.1) is 12.8 Å². The molecule has 0 bridgehead atoms. The lowest BCUT2D eigenvalue weighted by molar-refractivity contribution is -0.136. The lowest BCUT2D eigenvalue weighted by Gasteiger charge is -2.18. The van der Waals surface area contributed by atoms with Crippen LogP contribution in [-0.4, -0.2) is 27.6 Å². The fraction of sp³-hybridized carbons (Fsp3) is 0.533. The third-order valence-corrected chi connectivity index (χ3v) is 5.05. The summed E-state index contributed by atoms with van der Waals surface area (Å²) in [6.45, 7) is 4.56. The minimum absolute atomic E-state index is 0.0912. The number of hydrogen-bond donors (Lipinski definition) is 2. The van der Waals surface area contributed by atoms with E-state index in [0.29, 0.717) is 6.54 Å². The molecule has 6 heteroatoms. The first-order valence-electron chi connectivity index (χ1n) is 7.29. The van der Waals surface area contributed by atoms with Crippen molar-refractivity contribution in [3.63, 3.8) is 0 Å². The maximum Gasteiger partial charge on any atom is 0.305 e. The summed E-state index contributed by atoms with van der Waals surface area (Å²) in [5.74, 6) is 1.45. The largest absolute Gasteiger partial charge is 0.481 e. The number of carboxylic acids is 1. The van der Waals surface area contributed by atoms with Gasteiger partial charge >= 0.3 is 5.97 Å². The molecule has 3 rings (SSSR count). The van der Waals surface area contributed by atoms with E-state index in [1.165, 1.54) is 16.9 Å². The zero-order valence-corrected chi connectivity index (χ0v) is 13.1. The van der Waals surface area contributed by atoms with Gasteiger partial charge in [0, 0.05) is 11.4 Å². The van der Waals surface area contributed by atoms with Crippen molar-refractivity contribution in [3.8, 4) is 0 Å². The molecule has 0 saturated carbocycles. The summed E-state index contributed by atoms with van der Waals surface area (Å²) in [5, 5.41) is 13.1. The first-order valence-corrected chi connectivity index (χ1v) is 8.10. The molecular weight excluding hydrogens is 286 g/mol. The molecule has 2 aromatic rings. The molecule has 0 unspecified atom stereocenters. The van der Waals surface area contributed by atoms with Crippen LogP contribution in [0.1, 0.15) is 36.0 Å². The summed E-state index contributed by atoms with van der Waals surface area (Å²) in [7, 11) is 0. The molecule has 0 radical (unpaired) electrons. The van der Waals surface area contributed by atoms with Gasteiger partial charge < -0.3 is 10.4 Å². The van der Waals surface area contributed by atoms with E-state index in [2.05, 4.69) is 22.2 Å². The van der Waals surface area contributed by atoms with Crippen LogP contribution in [0.3, 0.4) is 0 Å². The number of aliphatic carboxylic acids is 1. The molecule has 0 amide bonds. The molecule has 2 aromatic heterocycles. The summed E-state index contributed by atoms with van der Waals surface area (Å²) < 4.78 is 0. The zero-order chi connectivity index (χ0) is 15.0. The van der Waals surface area contributed by atoms with Gasteiger partial charge in [0.15, 0.2) is 0 Å². The fourth-order valence-electron chi connectivity index (χ4n) is 2.86. The highest BCUT2D eigenvalue weighted by Crippen LogP contribution is 2.39. The third kappa shape index (κ3) is 2.85. The van der Waals surface area contributed by atoms with E-state index >= 15 is 0 Å². The minimum Gasteiger partial charge on any atom is -0.481 e. The minimum atomic E-state index is -0.800. The highest BCUT2D eigenvalue weighted by molar-refractivity contribution is 7.19. The van der Waals surface area contributed by atoms with E-state index in [4.69, 9.17) is 5.11 Å². The molecule has 1 aliphatic carbocycles. The molecule has 2 heterocycles. The van der Waals surface area contributed by atoms with Gasteiger partial charge in [0.1, 0.15) is 16.5 Å². The van der Waals surface area contributed by atoms with Crippen LogP contribution in [0.15, 0.2) is 0 Å². The topological polar surface area (TPSA) is 75.1 Å². The molecular formula is C15H19N3O2S. The number of thiophene rings is 1. The van der Waals surface area contributed by atoms with Crippen molar-refractivity contribution in [2.45, 2.75) is 39.5 Å². The van der Waals surface area contributed by atoms with E-state index in [1.807, 2.05) is 6.92 Å². The van der Waals surface area contributed by atoms with Gasteiger partial charge in [-0.3, -0.25) is 4.79 Å². The molecule has 0 aromatic carbocycles. The van der Waals surface area contributed by atoms with Crippen LogP contribution < -0.4 is 5.32 Å². The Labute approximate surface area is 127 Å². The number of anilines is 1. The summed E-state index contributed by atoms with van der Waals surface area (Å²) in [6.07, 6.45) is 3.47. The molecule has 0 fully saturated rings. The quantitative estimate of drug-likeness (QED) is 0.908. The van der Waals surface area contributed by atoms with Gasteiger partial charge in [-0.05, 0) is 37.7 Å². The number of rotatable bonds is 4. The summed E-state index contributed by atoms with van der Waals surface area (Å²) >= 11 is 1.76. The molecule has 0 aliphatic heterocycles. The van der Waals surface area contributed by atoms with Crippen LogP contribution in [0.5, 0.6) is 0 Å². The Morgan fingerprint density at radius 1 is 1.48 bits per heavy atom. The maximum absolute atomic E-state index is 10.7. The van der Waals surface area contributed by atoms with Gasteiger partial charge in [0.2, 0.25) is 0 Å². The van der Waals surface area contributed by atoms with Crippen molar-refractivity contribution in [1.82, 2.24) is 9.97 Å². The molecule has 2 N–H and O–H groups in total. The number of carboxylic acid groups (broad SMARTS) is 1. The van der Waals surface area contributed by atoms with Crippen molar-refractivity contribution in [2.24, 2.45) is 5.92 Å². The molecule has 112 valence electrons. The number of nitrogens with one attached hydrogen (secondary N) is 1. The Hall–Kier alpha value is -1.69. The molecule has 21 heavy (non-hydrogen) atoms. The van der Waals surface area contributed by atoms with Crippen molar-refractivity contribution >= 4 is 33.3 Å². The van der Waals surface area contributed by atoms with E-state index in [-0.39, 0.29) is 6.42 Å². The maximum atomic E-state index is 10.7. The van der Waals surface area contributed by atoms with Gasteiger partial charge in [-0.15, -0.1) is 11.3 Å². The van der Waals surface area contributed by atoms with E-state index in [9.17, 15) is 4.79 Å².